The number of fused-ring (bicyclic) bond motifs is 1. The summed E-state index contributed by atoms with van der Waals surface area (Å²) >= 11 is 1.76. The van der Waals surface area contributed by atoms with Crippen LogP contribution in [0.15, 0.2) is 88.3 Å². The molecule has 0 saturated heterocycles. The maximum Gasteiger partial charge on any atom is 0.326 e. The Labute approximate surface area is 401 Å². The van der Waals surface area contributed by atoms with E-state index in [4.69, 9.17) is 5.11 Å². The highest BCUT2D eigenvalue weighted by molar-refractivity contribution is 14.1. The number of urea groups is 1. The summed E-state index contributed by atoms with van der Waals surface area (Å²) in [6.07, 6.45) is 1.38. The standard InChI is InChI=1S/C44H49IN10O13/c45-49-24-50-55-35-16-14-30(23-47-35)39(61)52-34(21-37(58)59)41(63)48-22-25-8-12-28(13-9-25)38(60)51-33(20-26-10-11-27-5-1-2-6-29(27)19-26)40(62)46-18-4-3-7-31(42(64)65)53-44(68)54-32(43(66)67)15-17-36(56)57/h1-2,5-6,8-14,16,19,23-24,31-34H,3-4,7,15,17-18,20-22H2,(H,46,62)(H,47,55)(H,48,63)(H,49,50)(H,51,60)(H,52,61)(H,56,57)(H,58,59)(H,64,65)(H,66,67)(H2,53,54,68). The number of hydrogen-bond acceptors (Lipinski definition) is 12. The van der Waals surface area contributed by atoms with E-state index in [2.05, 4.69) is 50.9 Å². The van der Waals surface area contributed by atoms with Crippen LogP contribution >= 0.6 is 22.9 Å². The predicted octanol–water partition coefficient (Wildman–Crippen LogP) is 2.12. The fourth-order valence-corrected chi connectivity index (χ4v) is 6.59. The summed E-state index contributed by atoms with van der Waals surface area (Å²) in [4.78, 5) is 115. The van der Waals surface area contributed by atoms with Crippen molar-refractivity contribution in [3.63, 3.8) is 0 Å². The average molecular weight is 1050 g/mol. The number of hydrazine groups is 1. The van der Waals surface area contributed by atoms with Crippen LogP contribution in [0.1, 0.15) is 70.4 Å². The number of carboxylic acid groups (broad SMARTS) is 4. The van der Waals surface area contributed by atoms with Gasteiger partial charge in [-0.1, -0.05) is 54.6 Å². The molecule has 4 rings (SSSR count). The van der Waals surface area contributed by atoms with Crippen LogP contribution in [0.3, 0.4) is 0 Å². The van der Waals surface area contributed by atoms with Gasteiger partial charge in [-0.2, -0.15) is 0 Å². The molecule has 24 heteroatoms. The number of rotatable bonds is 27. The third kappa shape index (κ3) is 17.8. The number of halogens is 1. The van der Waals surface area contributed by atoms with Gasteiger partial charge < -0.3 is 52.3 Å². The maximum atomic E-state index is 13.6. The first-order chi connectivity index (χ1) is 32.5. The minimum absolute atomic E-state index is 0.0600. The van der Waals surface area contributed by atoms with E-state index in [-0.39, 0.29) is 49.9 Å². The van der Waals surface area contributed by atoms with E-state index < -0.39 is 97.0 Å². The van der Waals surface area contributed by atoms with Crippen LogP contribution in [-0.4, -0.2) is 116 Å². The summed E-state index contributed by atoms with van der Waals surface area (Å²) in [5, 5.41) is 53.9. The van der Waals surface area contributed by atoms with Crippen molar-refractivity contribution < 1.29 is 63.6 Å². The number of carboxylic acids is 4. The summed E-state index contributed by atoms with van der Waals surface area (Å²) in [5.41, 5.74) is 6.88. The van der Waals surface area contributed by atoms with Gasteiger partial charge in [-0.25, -0.2) is 22.6 Å². The van der Waals surface area contributed by atoms with Gasteiger partial charge >= 0.3 is 29.9 Å². The molecule has 1 aromatic heterocycles. The molecule has 0 fully saturated rings. The summed E-state index contributed by atoms with van der Waals surface area (Å²) in [6, 6.07) is 15.6. The third-order valence-corrected chi connectivity index (χ3v) is 10.2. The lowest BCUT2D eigenvalue weighted by Crippen LogP contribution is -2.51. The van der Waals surface area contributed by atoms with Crippen LogP contribution in [-0.2, 0) is 41.7 Å². The molecule has 4 atom stereocenters. The predicted molar refractivity (Wildman–Crippen MR) is 252 cm³/mol. The Kier molecular flexibility index (Phi) is 20.9. The van der Waals surface area contributed by atoms with E-state index in [1.54, 1.807) is 35.0 Å². The molecule has 12 N–H and O–H groups in total. The monoisotopic (exact) mass is 1050 g/mol. The third-order valence-electron chi connectivity index (χ3n) is 9.97. The van der Waals surface area contributed by atoms with Gasteiger partial charge in [0.05, 0.1) is 34.8 Å². The second-order valence-electron chi connectivity index (χ2n) is 15.0. The number of benzene rings is 3. The van der Waals surface area contributed by atoms with Gasteiger partial charge in [0.25, 0.3) is 11.8 Å². The SMILES string of the molecule is O=C(O)CCC(NC(=O)NC(CCCCNC(=O)C(Cc1ccc2ccccc2c1)NC(=O)c1ccc(CNC(=O)C(CC(=O)O)NC(=O)c2ccc(NNC=NI)nc2)cc1)C(=O)O)C(=O)O. The van der Waals surface area contributed by atoms with Crippen molar-refractivity contribution in [2.24, 2.45) is 3.21 Å². The van der Waals surface area contributed by atoms with E-state index in [1.165, 1.54) is 36.8 Å². The van der Waals surface area contributed by atoms with Crippen LogP contribution in [0, 0.1) is 0 Å². The number of nitrogens with zero attached hydrogens (tertiary/aromatic N) is 2. The molecule has 68 heavy (non-hydrogen) atoms. The zero-order valence-electron chi connectivity index (χ0n) is 36.1. The lowest BCUT2D eigenvalue weighted by molar-refractivity contribution is -0.141. The number of unbranched alkanes of at least 4 members (excludes halogenated alkanes) is 1. The summed E-state index contributed by atoms with van der Waals surface area (Å²) in [7, 11) is 0. The van der Waals surface area contributed by atoms with Crippen molar-refractivity contribution in [2.45, 2.75) is 75.7 Å². The Balaban J connectivity index is 1.34. The van der Waals surface area contributed by atoms with E-state index in [0.717, 1.165) is 16.3 Å². The first-order valence-corrected chi connectivity index (χ1v) is 21.8. The summed E-state index contributed by atoms with van der Waals surface area (Å²) in [6.45, 7) is -0.0318. The number of carbonyl (C=O) groups excluding carboxylic acids is 5. The quantitative estimate of drug-likeness (QED) is 0.0134. The normalized spacial score (nSPS) is 12.6. The molecule has 0 radical (unpaired) electrons. The summed E-state index contributed by atoms with van der Waals surface area (Å²) in [5.74, 6) is -7.78. The molecule has 4 aromatic rings. The number of pyridine rings is 1. The fraction of sp³-hybridized carbons (Fsp3) is 0.295. The molecule has 23 nitrogen and oxygen atoms in total. The maximum absolute atomic E-state index is 13.6. The number of nitrogens with one attached hydrogen (secondary N) is 8. The topological polar surface area (TPSA) is 356 Å². The van der Waals surface area contributed by atoms with Crippen LogP contribution in [0.4, 0.5) is 10.6 Å². The number of aromatic nitrogens is 1. The number of carbonyl (C=O) groups is 9. The molecule has 0 spiro atoms. The average Bonchev–Trinajstić information content (AvgIpc) is 3.31. The van der Waals surface area contributed by atoms with Crippen molar-refractivity contribution in [2.75, 3.05) is 12.0 Å². The minimum Gasteiger partial charge on any atom is -0.481 e. The number of anilines is 1. The lowest BCUT2D eigenvalue weighted by Gasteiger charge is -2.20. The van der Waals surface area contributed by atoms with Crippen molar-refractivity contribution in [1.82, 2.24) is 42.3 Å². The van der Waals surface area contributed by atoms with Crippen LogP contribution in [0.2, 0.25) is 0 Å². The Hall–Kier alpha value is -7.90. The smallest absolute Gasteiger partial charge is 0.326 e. The zero-order chi connectivity index (χ0) is 49.6. The van der Waals surface area contributed by atoms with Crippen molar-refractivity contribution in [1.29, 1.82) is 0 Å². The molecule has 4 unspecified atom stereocenters. The second kappa shape index (κ2) is 26.9. The molecular weight excluding hydrogens is 1000 g/mol. The zero-order valence-corrected chi connectivity index (χ0v) is 38.2. The summed E-state index contributed by atoms with van der Waals surface area (Å²) < 4.78 is 3.71. The van der Waals surface area contributed by atoms with Crippen LogP contribution in [0.5, 0.6) is 0 Å². The van der Waals surface area contributed by atoms with Gasteiger partial charge in [-0.15, -0.1) is 0 Å². The molecule has 0 aliphatic carbocycles. The lowest BCUT2D eigenvalue weighted by atomic mass is 10.0. The first kappa shape index (κ1) is 52.7. The highest BCUT2D eigenvalue weighted by atomic mass is 127. The molecular formula is C44H49IN10O13. The van der Waals surface area contributed by atoms with Crippen LogP contribution in [0.25, 0.3) is 10.8 Å². The van der Waals surface area contributed by atoms with Crippen molar-refractivity contribution >= 4 is 99.3 Å². The first-order valence-electron chi connectivity index (χ1n) is 20.8. The van der Waals surface area contributed by atoms with E-state index in [9.17, 15) is 58.5 Å². The highest BCUT2D eigenvalue weighted by Crippen LogP contribution is 2.17. The molecule has 3 aromatic carbocycles. The van der Waals surface area contributed by atoms with Gasteiger partial charge in [0.15, 0.2) is 0 Å². The van der Waals surface area contributed by atoms with E-state index in [1.807, 2.05) is 42.5 Å². The highest BCUT2D eigenvalue weighted by Gasteiger charge is 2.27. The molecule has 1 heterocycles. The van der Waals surface area contributed by atoms with Crippen molar-refractivity contribution in [3.05, 3.63) is 107 Å². The van der Waals surface area contributed by atoms with Crippen LogP contribution < -0.4 is 42.8 Å². The van der Waals surface area contributed by atoms with E-state index in [0.29, 0.717) is 11.4 Å². The molecule has 0 aliphatic heterocycles. The Morgan fingerprint density at radius 3 is 1.88 bits per heavy atom. The Bertz CT molecular complexity index is 2470. The second-order valence-corrected chi connectivity index (χ2v) is 15.6. The number of amides is 6. The van der Waals surface area contributed by atoms with Gasteiger partial charge in [0.1, 0.15) is 36.3 Å². The number of aliphatic carboxylic acids is 4. The number of hydrogen-bond donors (Lipinski definition) is 12. The molecule has 0 bridgehead atoms. The van der Waals surface area contributed by atoms with Gasteiger partial charge in [0.2, 0.25) is 11.8 Å². The van der Waals surface area contributed by atoms with Gasteiger partial charge in [-0.3, -0.25) is 39.6 Å². The molecule has 360 valence electrons. The Morgan fingerprint density at radius 1 is 0.632 bits per heavy atom. The van der Waals surface area contributed by atoms with Gasteiger partial charge in [-0.05, 0) is 71.8 Å². The fourth-order valence-electron chi connectivity index (χ4n) is 6.45. The molecule has 6 amide bonds. The van der Waals surface area contributed by atoms with Gasteiger partial charge in [0, 0.05) is 37.7 Å². The minimum atomic E-state index is -1.56. The Morgan fingerprint density at radius 2 is 1.25 bits per heavy atom. The largest absolute Gasteiger partial charge is 0.481 e. The molecule has 0 aliphatic rings. The van der Waals surface area contributed by atoms with E-state index >= 15 is 0 Å². The van der Waals surface area contributed by atoms with Crippen molar-refractivity contribution in [3.8, 4) is 0 Å². The molecule has 0 saturated carbocycles.